The van der Waals surface area contributed by atoms with Crippen LogP contribution in [0.5, 0.6) is 0 Å². The molecule has 0 heterocycles. The van der Waals surface area contributed by atoms with Gasteiger partial charge in [-0.25, -0.2) is 0 Å². The SMILES string of the molecule is Cc1ccc(C(CO)C(=O)O)cc1. The Hall–Kier alpha value is -1.35. The Labute approximate surface area is 76.6 Å². The Balaban J connectivity index is 2.92. The van der Waals surface area contributed by atoms with E-state index in [1.54, 1.807) is 12.1 Å². The molecule has 0 amide bonds. The van der Waals surface area contributed by atoms with Gasteiger partial charge in [-0.1, -0.05) is 29.8 Å². The molecule has 0 spiro atoms. The average molecular weight is 180 g/mol. The van der Waals surface area contributed by atoms with Crippen LogP contribution in [0.3, 0.4) is 0 Å². The lowest BCUT2D eigenvalue weighted by Gasteiger charge is -2.08. The summed E-state index contributed by atoms with van der Waals surface area (Å²) >= 11 is 0. The second-order valence-corrected chi connectivity index (χ2v) is 2.98. The molecule has 3 nitrogen and oxygen atoms in total. The molecule has 0 fully saturated rings. The third kappa shape index (κ3) is 2.29. The Morgan fingerprint density at radius 2 is 1.92 bits per heavy atom. The average Bonchev–Trinajstić information content (AvgIpc) is 2.09. The van der Waals surface area contributed by atoms with Crippen molar-refractivity contribution in [2.24, 2.45) is 0 Å². The van der Waals surface area contributed by atoms with E-state index in [0.717, 1.165) is 5.56 Å². The molecule has 0 radical (unpaired) electrons. The number of carboxylic acid groups (broad SMARTS) is 1. The summed E-state index contributed by atoms with van der Waals surface area (Å²) < 4.78 is 0. The number of aliphatic hydroxyl groups is 1. The summed E-state index contributed by atoms with van der Waals surface area (Å²) in [6.07, 6.45) is 0. The maximum atomic E-state index is 10.7. The van der Waals surface area contributed by atoms with E-state index in [1.165, 1.54) is 0 Å². The highest BCUT2D eigenvalue weighted by Crippen LogP contribution is 2.15. The number of rotatable bonds is 3. The van der Waals surface area contributed by atoms with Gasteiger partial charge in [-0.2, -0.15) is 0 Å². The van der Waals surface area contributed by atoms with E-state index < -0.39 is 11.9 Å². The van der Waals surface area contributed by atoms with Gasteiger partial charge in [0.2, 0.25) is 0 Å². The quantitative estimate of drug-likeness (QED) is 0.733. The number of carbonyl (C=O) groups is 1. The first-order valence-electron chi connectivity index (χ1n) is 4.05. The fraction of sp³-hybridized carbons (Fsp3) is 0.300. The van der Waals surface area contributed by atoms with Crippen molar-refractivity contribution in [2.45, 2.75) is 12.8 Å². The van der Waals surface area contributed by atoms with E-state index >= 15 is 0 Å². The highest BCUT2D eigenvalue weighted by Gasteiger charge is 2.17. The minimum Gasteiger partial charge on any atom is -0.481 e. The van der Waals surface area contributed by atoms with Crippen molar-refractivity contribution in [1.29, 1.82) is 0 Å². The van der Waals surface area contributed by atoms with Crippen molar-refractivity contribution in [1.82, 2.24) is 0 Å². The first-order valence-corrected chi connectivity index (χ1v) is 4.05. The number of aryl methyl sites for hydroxylation is 1. The Kier molecular flexibility index (Phi) is 3.03. The summed E-state index contributed by atoms with van der Waals surface area (Å²) in [5.74, 6) is -1.80. The molecule has 0 aliphatic carbocycles. The lowest BCUT2D eigenvalue weighted by molar-refractivity contribution is -0.139. The third-order valence-corrected chi connectivity index (χ3v) is 1.96. The number of aliphatic carboxylic acids is 1. The monoisotopic (exact) mass is 180 g/mol. The van der Waals surface area contributed by atoms with Crippen LogP contribution in [-0.2, 0) is 4.79 Å². The Bertz CT molecular complexity index is 290. The molecule has 3 heteroatoms. The normalized spacial score (nSPS) is 12.5. The van der Waals surface area contributed by atoms with Gasteiger partial charge in [-0.15, -0.1) is 0 Å². The predicted octanol–water partition coefficient (Wildman–Crippen LogP) is 1.16. The van der Waals surface area contributed by atoms with Gasteiger partial charge in [0, 0.05) is 0 Å². The molecule has 0 bridgehead atoms. The van der Waals surface area contributed by atoms with Crippen molar-refractivity contribution >= 4 is 5.97 Å². The third-order valence-electron chi connectivity index (χ3n) is 1.96. The van der Waals surface area contributed by atoms with E-state index in [1.807, 2.05) is 19.1 Å². The van der Waals surface area contributed by atoms with Crippen molar-refractivity contribution < 1.29 is 15.0 Å². The highest BCUT2D eigenvalue weighted by molar-refractivity contribution is 5.76. The number of benzene rings is 1. The Morgan fingerprint density at radius 3 is 2.31 bits per heavy atom. The zero-order valence-electron chi connectivity index (χ0n) is 7.40. The number of hydrogen-bond donors (Lipinski definition) is 2. The number of carboxylic acids is 1. The molecule has 1 rings (SSSR count). The van der Waals surface area contributed by atoms with Crippen LogP contribution in [-0.4, -0.2) is 22.8 Å². The van der Waals surface area contributed by atoms with Gasteiger partial charge in [0.1, 0.15) is 5.92 Å². The standard InChI is InChI=1S/C10H12O3/c1-7-2-4-8(5-3-7)9(6-11)10(12)13/h2-5,9,11H,6H2,1H3,(H,12,13). The highest BCUT2D eigenvalue weighted by atomic mass is 16.4. The van der Waals surface area contributed by atoms with Gasteiger partial charge in [0.05, 0.1) is 6.61 Å². The molecule has 0 saturated heterocycles. The molecule has 1 atom stereocenters. The van der Waals surface area contributed by atoms with Crippen LogP contribution in [0.25, 0.3) is 0 Å². The molecule has 0 aliphatic heterocycles. The molecule has 0 aromatic heterocycles. The number of hydrogen-bond acceptors (Lipinski definition) is 2. The fourth-order valence-corrected chi connectivity index (χ4v) is 1.12. The van der Waals surface area contributed by atoms with E-state index in [0.29, 0.717) is 5.56 Å². The molecule has 0 saturated carbocycles. The zero-order valence-corrected chi connectivity index (χ0v) is 7.40. The van der Waals surface area contributed by atoms with Gasteiger partial charge in [0.15, 0.2) is 0 Å². The first-order chi connectivity index (χ1) is 6.15. The molecule has 70 valence electrons. The largest absolute Gasteiger partial charge is 0.481 e. The first kappa shape index (κ1) is 9.74. The maximum absolute atomic E-state index is 10.7. The van der Waals surface area contributed by atoms with E-state index in [-0.39, 0.29) is 6.61 Å². The van der Waals surface area contributed by atoms with Crippen LogP contribution in [0, 0.1) is 6.92 Å². The predicted molar refractivity (Wildman–Crippen MR) is 48.6 cm³/mol. The summed E-state index contributed by atoms with van der Waals surface area (Å²) in [5, 5.41) is 17.6. The van der Waals surface area contributed by atoms with Gasteiger partial charge < -0.3 is 10.2 Å². The molecular weight excluding hydrogens is 168 g/mol. The molecule has 1 aromatic carbocycles. The van der Waals surface area contributed by atoms with Crippen LogP contribution in [0.2, 0.25) is 0 Å². The lowest BCUT2D eigenvalue weighted by atomic mass is 9.99. The summed E-state index contributed by atoms with van der Waals surface area (Å²) in [5.41, 5.74) is 1.71. The second kappa shape index (κ2) is 4.05. The van der Waals surface area contributed by atoms with Gasteiger partial charge >= 0.3 is 5.97 Å². The van der Waals surface area contributed by atoms with Crippen molar-refractivity contribution in [2.75, 3.05) is 6.61 Å². The summed E-state index contributed by atoms with van der Waals surface area (Å²) in [6, 6.07) is 7.12. The van der Waals surface area contributed by atoms with Crippen LogP contribution >= 0.6 is 0 Å². The molecular formula is C10H12O3. The Morgan fingerprint density at radius 1 is 1.38 bits per heavy atom. The topological polar surface area (TPSA) is 57.5 Å². The minimum atomic E-state index is -0.994. The summed E-state index contributed by atoms with van der Waals surface area (Å²) in [6.45, 7) is 1.57. The van der Waals surface area contributed by atoms with Crippen molar-refractivity contribution in [3.8, 4) is 0 Å². The fourth-order valence-electron chi connectivity index (χ4n) is 1.12. The maximum Gasteiger partial charge on any atom is 0.313 e. The van der Waals surface area contributed by atoms with Crippen LogP contribution in [0.4, 0.5) is 0 Å². The second-order valence-electron chi connectivity index (χ2n) is 2.98. The van der Waals surface area contributed by atoms with E-state index in [2.05, 4.69) is 0 Å². The minimum absolute atomic E-state index is 0.363. The number of aliphatic hydroxyl groups excluding tert-OH is 1. The van der Waals surface area contributed by atoms with Gasteiger partial charge in [-0.05, 0) is 12.5 Å². The lowest BCUT2D eigenvalue weighted by Crippen LogP contribution is -2.15. The van der Waals surface area contributed by atoms with Gasteiger partial charge in [-0.3, -0.25) is 4.79 Å². The summed E-state index contributed by atoms with van der Waals surface area (Å²) in [4.78, 5) is 10.7. The molecule has 13 heavy (non-hydrogen) atoms. The van der Waals surface area contributed by atoms with Crippen molar-refractivity contribution in [3.05, 3.63) is 35.4 Å². The molecule has 1 unspecified atom stereocenters. The van der Waals surface area contributed by atoms with E-state index in [4.69, 9.17) is 10.2 Å². The van der Waals surface area contributed by atoms with Gasteiger partial charge in [0.25, 0.3) is 0 Å². The van der Waals surface area contributed by atoms with Crippen molar-refractivity contribution in [3.63, 3.8) is 0 Å². The summed E-state index contributed by atoms with van der Waals surface area (Å²) in [7, 11) is 0. The molecule has 0 aliphatic rings. The molecule has 1 aromatic rings. The van der Waals surface area contributed by atoms with Crippen LogP contribution < -0.4 is 0 Å². The van der Waals surface area contributed by atoms with E-state index in [9.17, 15) is 4.79 Å². The zero-order chi connectivity index (χ0) is 9.84. The van der Waals surface area contributed by atoms with Crippen LogP contribution in [0.15, 0.2) is 24.3 Å². The van der Waals surface area contributed by atoms with Crippen LogP contribution in [0.1, 0.15) is 17.0 Å². The molecule has 2 N–H and O–H groups in total. The smallest absolute Gasteiger partial charge is 0.313 e.